The van der Waals surface area contributed by atoms with Gasteiger partial charge in [0.05, 0.1) is 0 Å². The van der Waals surface area contributed by atoms with Crippen molar-refractivity contribution < 1.29 is 4.79 Å². The van der Waals surface area contributed by atoms with Crippen LogP contribution in [0.5, 0.6) is 0 Å². The van der Waals surface area contributed by atoms with Gasteiger partial charge in [0, 0.05) is 11.7 Å². The summed E-state index contributed by atoms with van der Waals surface area (Å²) >= 11 is 5.33. The Morgan fingerprint density at radius 3 is 2.38 bits per heavy atom. The van der Waals surface area contributed by atoms with Crippen molar-refractivity contribution in [1.29, 1.82) is 0 Å². The summed E-state index contributed by atoms with van der Waals surface area (Å²) in [5, 5.41) is 0.603. The van der Waals surface area contributed by atoms with Crippen LogP contribution in [-0.2, 0) is 4.79 Å². The molecule has 1 aromatic rings. The number of hydrogen-bond acceptors (Lipinski definition) is 2. The maximum atomic E-state index is 11.8. The number of thiocarbonyl (C=S) groups is 1. The van der Waals surface area contributed by atoms with Gasteiger partial charge in [-0.05, 0) is 38.2 Å². The summed E-state index contributed by atoms with van der Waals surface area (Å²) in [6.07, 6.45) is 0. The van der Waals surface area contributed by atoms with Gasteiger partial charge in [-0.15, -0.1) is 0 Å². The van der Waals surface area contributed by atoms with Gasteiger partial charge in [-0.3, -0.25) is 9.69 Å². The molecule has 0 unspecified atom stereocenters. The molecule has 0 aromatic heterocycles. The second-order valence-electron chi connectivity index (χ2n) is 4.06. The Hall–Kier alpha value is -1.42. The van der Waals surface area contributed by atoms with E-state index >= 15 is 0 Å². The van der Waals surface area contributed by atoms with Gasteiger partial charge in [0.25, 0.3) is 0 Å². The number of nitrogens with zero attached hydrogens (tertiary/aromatic N) is 2. The van der Waals surface area contributed by atoms with E-state index in [9.17, 15) is 4.79 Å². The molecule has 0 saturated carbocycles. The van der Waals surface area contributed by atoms with Gasteiger partial charge in [-0.1, -0.05) is 18.2 Å². The second-order valence-corrected chi connectivity index (χ2v) is 4.43. The van der Waals surface area contributed by atoms with Crippen molar-refractivity contribution in [2.24, 2.45) is 0 Å². The smallest absolute Gasteiger partial charge is 0.249 e. The highest BCUT2D eigenvalue weighted by atomic mass is 32.1. The molecule has 3 nitrogen and oxygen atoms in total. The molecule has 0 spiro atoms. The molecule has 1 aliphatic rings. The molecular formula is C12H14N2OS. The fourth-order valence-corrected chi connectivity index (χ4v) is 2.32. The molecule has 0 radical (unpaired) electrons. The molecule has 4 heteroatoms. The van der Waals surface area contributed by atoms with Crippen LogP contribution in [-0.4, -0.2) is 28.5 Å². The van der Waals surface area contributed by atoms with Crippen molar-refractivity contribution >= 4 is 28.9 Å². The number of carbonyl (C=O) groups excluding carboxylic acids is 1. The minimum Gasteiger partial charge on any atom is -0.309 e. The Bertz CT molecular complexity index is 416. The Balaban J connectivity index is 2.28. The summed E-state index contributed by atoms with van der Waals surface area (Å²) in [6.45, 7) is 4.29. The minimum absolute atomic E-state index is 0.0730. The molecule has 1 saturated heterocycles. The summed E-state index contributed by atoms with van der Waals surface area (Å²) < 4.78 is 0. The highest BCUT2D eigenvalue weighted by molar-refractivity contribution is 7.80. The number of anilines is 1. The Labute approximate surface area is 101 Å². The molecule has 1 fully saturated rings. The van der Waals surface area contributed by atoms with E-state index in [4.69, 9.17) is 12.2 Å². The van der Waals surface area contributed by atoms with Crippen molar-refractivity contribution in [1.82, 2.24) is 4.90 Å². The predicted octanol–water partition coefficient (Wildman–Crippen LogP) is 2.03. The molecular weight excluding hydrogens is 220 g/mol. The monoisotopic (exact) mass is 234 g/mol. The Morgan fingerprint density at radius 2 is 1.88 bits per heavy atom. The lowest BCUT2D eigenvalue weighted by Crippen LogP contribution is -2.37. The summed E-state index contributed by atoms with van der Waals surface area (Å²) in [4.78, 5) is 15.3. The second kappa shape index (κ2) is 4.22. The van der Waals surface area contributed by atoms with Crippen LogP contribution in [0.3, 0.4) is 0 Å². The molecule has 1 amide bonds. The number of rotatable bonds is 2. The standard InChI is InChI=1S/C12H14N2OS/c1-9(2)14-11(15)8-13(12(14)16)10-6-4-3-5-7-10/h3-7,9H,8H2,1-2H3. The van der Waals surface area contributed by atoms with E-state index in [0.717, 1.165) is 5.69 Å². The van der Waals surface area contributed by atoms with Crippen LogP contribution in [0, 0.1) is 0 Å². The van der Waals surface area contributed by atoms with E-state index in [1.807, 2.05) is 49.1 Å². The molecule has 1 heterocycles. The SMILES string of the molecule is CC(C)N1C(=O)CN(c2ccccc2)C1=S. The number of amides is 1. The molecule has 0 bridgehead atoms. The lowest BCUT2D eigenvalue weighted by Gasteiger charge is -2.23. The highest BCUT2D eigenvalue weighted by Gasteiger charge is 2.34. The predicted molar refractivity (Wildman–Crippen MR) is 68.4 cm³/mol. The average molecular weight is 234 g/mol. The zero-order valence-electron chi connectivity index (χ0n) is 9.38. The molecule has 0 aliphatic carbocycles. The topological polar surface area (TPSA) is 23.6 Å². The third-order valence-electron chi connectivity index (χ3n) is 2.58. The van der Waals surface area contributed by atoms with Gasteiger partial charge >= 0.3 is 0 Å². The fraction of sp³-hybridized carbons (Fsp3) is 0.333. The first kappa shape index (κ1) is 11.1. The highest BCUT2D eigenvalue weighted by Crippen LogP contribution is 2.22. The number of carbonyl (C=O) groups is 1. The molecule has 84 valence electrons. The first-order chi connectivity index (χ1) is 7.61. The summed E-state index contributed by atoms with van der Waals surface area (Å²) in [6, 6.07) is 9.88. The molecule has 0 atom stereocenters. The molecule has 1 aromatic carbocycles. The number of para-hydroxylation sites is 1. The fourth-order valence-electron chi connectivity index (χ4n) is 1.83. The third-order valence-corrected chi connectivity index (χ3v) is 3.00. The van der Waals surface area contributed by atoms with Crippen LogP contribution < -0.4 is 4.90 Å². The summed E-state index contributed by atoms with van der Waals surface area (Å²) in [5.74, 6) is 0.0730. The van der Waals surface area contributed by atoms with Crippen molar-refractivity contribution in [2.45, 2.75) is 19.9 Å². The lowest BCUT2D eigenvalue weighted by atomic mass is 10.3. The number of benzene rings is 1. The van der Waals surface area contributed by atoms with Crippen LogP contribution in [0.1, 0.15) is 13.8 Å². The quantitative estimate of drug-likeness (QED) is 0.732. The largest absolute Gasteiger partial charge is 0.309 e. The Morgan fingerprint density at radius 1 is 1.25 bits per heavy atom. The van der Waals surface area contributed by atoms with Crippen molar-refractivity contribution in [3.8, 4) is 0 Å². The van der Waals surface area contributed by atoms with E-state index in [1.165, 1.54) is 0 Å². The summed E-state index contributed by atoms with van der Waals surface area (Å²) in [5.41, 5.74) is 0.976. The first-order valence-corrected chi connectivity index (χ1v) is 5.70. The summed E-state index contributed by atoms with van der Waals surface area (Å²) in [7, 11) is 0. The van der Waals surface area contributed by atoms with Gasteiger partial charge in [0.2, 0.25) is 5.91 Å². The van der Waals surface area contributed by atoms with E-state index < -0.39 is 0 Å². The normalized spacial score (nSPS) is 16.4. The van der Waals surface area contributed by atoms with Crippen molar-refractivity contribution in [3.05, 3.63) is 30.3 Å². The molecule has 1 aliphatic heterocycles. The molecule has 0 N–H and O–H groups in total. The van der Waals surface area contributed by atoms with Crippen LogP contribution in [0.2, 0.25) is 0 Å². The number of hydrogen-bond donors (Lipinski definition) is 0. The Kier molecular flexibility index (Phi) is 2.92. The van der Waals surface area contributed by atoms with Crippen molar-refractivity contribution in [2.75, 3.05) is 11.4 Å². The van der Waals surface area contributed by atoms with Gasteiger partial charge in [0.1, 0.15) is 6.54 Å². The molecule has 2 rings (SSSR count). The van der Waals surface area contributed by atoms with Gasteiger partial charge in [-0.2, -0.15) is 0 Å². The zero-order chi connectivity index (χ0) is 11.7. The van der Waals surface area contributed by atoms with Crippen molar-refractivity contribution in [3.63, 3.8) is 0 Å². The van der Waals surface area contributed by atoms with E-state index in [-0.39, 0.29) is 11.9 Å². The third kappa shape index (κ3) is 1.80. The van der Waals surface area contributed by atoms with E-state index in [1.54, 1.807) is 4.90 Å². The van der Waals surface area contributed by atoms with Crippen LogP contribution in [0.15, 0.2) is 30.3 Å². The molecule has 16 heavy (non-hydrogen) atoms. The van der Waals surface area contributed by atoms with Gasteiger partial charge in [-0.25, -0.2) is 0 Å². The van der Waals surface area contributed by atoms with Crippen LogP contribution in [0.25, 0.3) is 0 Å². The first-order valence-electron chi connectivity index (χ1n) is 5.30. The van der Waals surface area contributed by atoms with E-state index in [2.05, 4.69) is 0 Å². The maximum Gasteiger partial charge on any atom is 0.249 e. The zero-order valence-corrected chi connectivity index (χ0v) is 10.2. The van der Waals surface area contributed by atoms with Crippen LogP contribution >= 0.6 is 12.2 Å². The lowest BCUT2D eigenvalue weighted by molar-refractivity contribution is -0.125. The van der Waals surface area contributed by atoms with Gasteiger partial charge < -0.3 is 4.90 Å². The minimum atomic E-state index is 0.0730. The van der Waals surface area contributed by atoms with E-state index in [0.29, 0.717) is 11.7 Å². The van der Waals surface area contributed by atoms with Crippen LogP contribution in [0.4, 0.5) is 5.69 Å². The average Bonchev–Trinajstić information content (AvgIpc) is 2.55. The van der Waals surface area contributed by atoms with Gasteiger partial charge in [0.15, 0.2) is 5.11 Å². The maximum absolute atomic E-state index is 11.8.